The third-order valence-electron chi connectivity index (χ3n) is 2.77. The summed E-state index contributed by atoms with van der Waals surface area (Å²) in [6.45, 7) is 3.08. The lowest BCUT2D eigenvalue weighted by atomic mass is 10.2. The van der Waals surface area contributed by atoms with E-state index in [-0.39, 0.29) is 5.91 Å². The van der Waals surface area contributed by atoms with Crippen LogP contribution in [0.4, 0.5) is 5.13 Å². The van der Waals surface area contributed by atoms with Crippen LogP contribution in [0.2, 0.25) is 0 Å². The number of carbonyl (C=O) groups is 1. The molecule has 5 nitrogen and oxygen atoms in total. The van der Waals surface area contributed by atoms with Gasteiger partial charge in [-0.05, 0) is 18.6 Å². The first-order valence-corrected chi connectivity index (χ1v) is 7.15. The van der Waals surface area contributed by atoms with Gasteiger partial charge in [0.1, 0.15) is 0 Å². The van der Waals surface area contributed by atoms with Crippen LogP contribution in [0, 0.1) is 0 Å². The van der Waals surface area contributed by atoms with Crippen molar-refractivity contribution in [3.05, 3.63) is 24.3 Å². The lowest BCUT2D eigenvalue weighted by molar-refractivity contribution is -0.122. The monoisotopic (exact) mass is 278 g/mol. The number of nitrogens with one attached hydrogen (secondary N) is 2. The fourth-order valence-corrected chi connectivity index (χ4v) is 2.51. The van der Waals surface area contributed by atoms with E-state index in [2.05, 4.69) is 15.6 Å². The van der Waals surface area contributed by atoms with Crippen molar-refractivity contribution in [2.45, 2.75) is 19.4 Å². The van der Waals surface area contributed by atoms with Crippen molar-refractivity contribution < 1.29 is 4.79 Å². The van der Waals surface area contributed by atoms with Crippen LogP contribution >= 0.6 is 11.3 Å². The molecule has 102 valence electrons. The topological polar surface area (TPSA) is 80.0 Å². The van der Waals surface area contributed by atoms with Crippen LogP contribution in [-0.2, 0) is 4.79 Å². The molecule has 0 radical (unpaired) electrons. The molecule has 1 atom stereocenters. The van der Waals surface area contributed by atoms with Gasteiger partial charge < -0.3 is 16.4 Å². The highest BCUT2D eigenvalue weighted by Crippen LogP contribution is 2.24. The second-order valence-corrected chi connectivity index (χ2v) is 5.25. The predicted molar refractivity (Wildman–Crippen MR) is 79.4 cm³/mol. The molecule has 2 rings (SSSR count). The van der Waals surface area contributed by atoms with Crippen molar-refractivity contribution in [1.29, 1.82) is 0 Å². The SMILES string of the molecule is CCC(N)C(=O)NCCNc1nc2ccccc2s1. The van der Waals surface area contributed by atoms with Gasteiger partial charge in [0.05, 0.1) is 16.3 Å². The summed E-state index contributed by atoms with van der Waals surface area (Å²) in [6, 6.07) is 7.58. The highest BCUT2D eigenvalue weighted by Gasteiger charge is 2.09. The van der Waals surface area contributed by atoms with E-state index in [4.69, 9.17) is 5.73 Å². The van der Waals surface area contributed by atoms with Gasteiger partial charge >= 0.3 is 0 Å². The lowest BCUT2D eigenvalue weighted by Gasteiger charge is -2.09. The molecule has 19 heavy (non-hydrogen) atoms. The zero-order valence-electron chi connectivity index (χ0n) is 10.8. The number of amides is 1. The molecule has 1 amide bonds. The Hall–Kier alpha value is -1.66. The minimum absolute atomic E-state index is 0.103. The van der Waals surface area contributed by atoms with Crippen LogP contribution < -0.4 is 16.4 Å². The number of benzene rings is 1. The Bertz CT molecular complexity index is 521. The van der Waals surface area contributed by atoms with Gasteiger partial charge in [0, 0.05) is 13.1 Å². The first kappa shape index (κ1) is 13.8. The number of fused-ring (bicyclic) bond motifs is 1. The molecule has 0 saturated carbocycles. The lowest BCUT2D eigenvalue weighted by Crippen LogP contribution is -2.41. The van der Waals surface area contributed by atoms with E-state index in [9.17, 15) is 4.79 Å². The number of hydrogen-bond acceptors (Lipinski definition) is 5. The molecule has 0 spiro atoms. The number of nitrogens with zero attached hydrogens (tertiary/aromatic N) is 1. The van der Waals surface area contributed by atoms with Crippen molar-refractivity contribution in [1.82, 2.24) is 10.3 Å². The number of nitrogens with two attached hydrogens (primary N) is 1. The Morgan fingerprint density at radius 2 is 2.21 bits per heavy atom. The molecule has 0 aliphatic carbocycles. The van der Waals surface area contributed by atoms with E-state index >= 15 is 0 Å². The second kappa shape index (κ2) is 6.49. The molecule has 0 fully saturated rings. The molecular formula is C13H18N4OS. The third kappa shape index (κ3) is 3.65. The van der Waals surface area contributed by atoms with Crippen molar-refractivity contribution in [2.24, 2.45) is 5.73 Å². The summed E-state index contributed by atoms with van der Waals surface area (Å²) in [7, 11) is 0. The molecule has 1 aromatic carbocycles. The Labute approximate surface area is 116 Å². The Morgan fingerprint density at radius 1 is 1.42 bits per heavy atom. The van der Waals surface area contributed by atoms with Crippen LogP contribution in [0.25, 0.3) is 10.2 Å². The molecule has 0 aliphatic heterocycles. The highest BCUT2D eigenvalue weighted by atomic mass is 32.1. The minimum Gasteiger partial charge on any atom is -0.360 e. The minimum atomic E-state index is -0.414. The van der Waals surface area contributed by atoms with Gasteiger partial charge in [-0.25, -0.2) is 4.98 Å². The summed E-state index contributed by atoms with van der Waals surface area (Å²) in [5.74, 6) is -0.103. The van der Waals surface area contributed by atoms with E-state index in [1.807, 2.05) is 31.2 Å². The van der Waals surface area contributed by atoms with E-state index in [1.54, 1.807) is 11.3 Å². The Morgan fingerprint density at radius 3 is 2.95 bits per heavy atom. The molecular weight excluding hydrogens is 260 g/mol. The van der Waals surface area contributed by atoms with Crippen LogP contribution in [-0.4, -0.2) is 30.0 Å². The average Bonchev–Trinajstić information content (AvgIpc) is 2.85. The molecule has 2 aromatic rings. The standard InChI is InChI=1S/C13H18N4OS/c1-2-9(14)12(18)15-7-8-16-13-17-10-5-3-4-6-11(10)19-13/h3-6,9H,2,7-8,14H2,1H3,(H,15,18)(H,16,17). The van der Waals surface area contributed by atoms with Gasteiger partial charge in [-0.3, -0.25) is 4.79 Å². The number of aromatic nitrogens is 1. The van der Waals surface area contributed by atoms with Gasteiger partial charge in [-0.15, -0.1) is 0 Å². The van der Waals surface area contributed by atoms with Crippen LogP contribution in [0.1, 0.15) is 13.3 Å². The van der Waals surface area contributed by atoms with Crippen molar-refractivity contribution in [3.8, 4) is 0 Å². The first-order chi connectivity index (χ1) is 9.20. The molecule has 0 bridgehead atoms. The zero-order chi connectivity index (χ0) is 13.7. The summed E-state index contributed by atoms with van der Waals surface area (Å²) in [5.41, 5.74) is 6.61. The summed E-state index contributed by atoms with van der Waals surface area (Å²) >= 11 is 1.61. The number of para-hydroxylation sites is 1. The molecule has 0 saturated heterocycles. The zero-order valence-corrected chi connectivity index (χ0v) is 11.7. The van der Waals surface area contributed by atoms with Crippen molar-refractivity contribution in [3.63, 3.8) is 0 Å². The van der Waals surface area contributed by atoms with Gasteiger partial charge in [0.2, 0.25) is 5.91 Å². The average molecular weight is 278 g/mol. The second-order valence-electron chi connectivity index (χ2n) is 4.22. The maximum Gasteiger partial charge on any atom is 0.236 e. The fraction of sp³-hybridized carbons (Fsp3) is 0.385. The maximum atomic E-state index is 11.4. The number of hydrogen-bond donors (Lipinski definition) is 3. The summed E-state index contributed by atoms with van der Waals surface area (Å²) in [4.78, 5) is 15.9. The number of thiazole rings is 1. The van der Waals surface area contributed by atoms with Crippen LogP contribution in [0.3, 0.4) is 0 Å². The van der Waals surface area contributed by atoms with Crippen LogP contribution in [0.5, 0.6) is 0 Å². The van der Waals surface area contributed by atoms with Gasteiger partial charge in [0.15, 0.2) is 5.13 Å². The van der Waals surface area contributed by atoms with Crippen LogP contribution in [0.15, 0.2) is 24.3 Å². The quantitative estimate of drug-likeness (QED) is 0.701. The Balaban J connectivity index is 1.78. The summed E-state index contributed by atoms with van der Waals surface area (Å²) < 4.78 is 1.15. The van der Waals surface area contributed by atoms with Gasteiger partial charge in [-0.2, -0.15) is 0 Å². The van der Waals surface area contributed by atoms with E-state index in [0.29, 0.717) is 19.5 Å². The Kier molecular flexibility index (Phi) is 4.70. The fourth-order valence-electron chi connectivity index (χ4n) is 1.62. The first-order valence-electron chi connectivity index (χ1n) is 6.33. The number of anilines is 1. The molecule has 1 heterocycles. The molecule has 1 unspecified atom stereocenters. The smallest absolute Gasteiger partial charge is 0.236 e. The highest BCUT2D eigenvalue weighted by molar-refractivity contribution is 7.22. The molecule has 0 aliphatic rings. The van der Waals surface area contributed by atoms with Gasteiger partial charge in [0.25, 0.3) is 0 Å². The van der Waals surface area contributed by atoms with E-state index in [0.717, 1.165) is 15.3 Å². The summed E-state index contributed by atoms with van der Waals surface area (Å²) in [6.07, 6.45) is 0.650. The van der Waals surface area contributed by atoms with Crippen molar-refractivity contribution >= 4 is 32.6 Å². The molecule has 6 heteroatoms. The third-order valence-corrected chi connectivity index (χ3v) is 3.77. The summed E-state index contributed by atoms with van der Waals surface area (Å²) in [5, 5.41) is 6.86. The molecule has 4 N–H and O–H groups in total. The van der Waals surface area contributed by atoms with E-state index < -0.39 is 6.04 Å². The normalized spacial score (nSPS) is 12.3. The van der Waals surface area contributed by atoms with Crippen molar-refractivity contribution in [2.75, 3.05) is 18.4 Å². The number of rotatable bonds is 6. The molecule has 1 aromatic heterocycles. The van der Waals surface area contributed by atoms with E-state index in [1.165, 1.54) is 0 Å². The van der Waals surface area contributed by atoms with Gasteiger partial charge in [-0.1, -0.05) is 30.4 Å². The largest absolute Gasteiger partial charge is 0.360 e. The number of carbonyl (C=O) groups excluding carboxylic acids is 1. The maximum absolute atomic E-state index is 11.4. The predicted octanol–water partition coefficient (Wildman–Crippen LogP) is 1.56.